The van der Waals surface area contributed by atoms with Crippen LogP contribution in [0.1, 0.15) is 86.6 Å². The Morgan fingerprint density at radius 2 is 0.542 bits per heavy atom. The van der Waals surface area contributed by atoms with Gasteiger partial charge in [0.2, 0.25) is 0 Å². The predicted octanol–water partition coefficient (Wildman–Crippen LogP) is 9.45. The van der Waals surface area contributed by atoms with E-state index >= 15 is 0 Å². The molecule has 0 heterocycles. The minimum absolute atomic E-state index is 0.0123. The largest absolute Gasteiger partial charge is 0.478 e. The number of aromatic carboxylic acids is 4. The Morgan fingerprint density at radius 3 is 0.708 bits per heavy atom. The monoisotopic (exact) mass is 722 g/mol. The Bertz CT molecular complexity index is 1830. The number of hydrogen-bond donors (Lipinski definition) is 4. The lowest BCUT2D eigenvalue weighted by atomic mass is 9.81. The van der Waals surface area contributed by atoms with Crippen LogP contribution in [0.4, 0.5) is 0 Å². The molecule has 0 atom stereocenters. The molecule has 5 aromatic carbocycles. The van der Waals surface area contributed by atoms with E-state index in [9.17, 15) is 39.6 Å². The van der Waals surface area contributed by atoms with Gasteiger partial charge in [0.25, 0.3) is 0 Å². The van der Waals surface area contributed by atoms with Crippen LogP contribution in [-0.2, 0) is 0 Å². The van der Waals surface area contributed by atoms with Crippen LogP contribution in [0.3, 0.4) is 0 Å². The van der Waals surface area contributed by atoms with Crippen LogP contribution in [0.5, 0.6) is 0 Å². The predicted molar refractivity (Wildman–Crippen MR) is 182 cm³/mol. The minimum Gasteiger partial charge on any atom is -0.478 e. The van der Waals surface area contributed by atoms with Crippen LogP contribution >= 0.6 is 46.4 Å². The van der Waals surface area contributed by atoms with Gasteiger partial charge in [0, 0.05) is 11.8 Å². The third kappa shape index (κ3) is 7.02. The smallest absolute Gasteiger partial charge is 0.337 e. The van der Waals surface area contributed by atoms with Crippen molar-refractivity contribution in [1.82, 2.24) is 0 Å². The minimum atomic E-state index is -1.19. The molecule has 5 aromatic rings. The van der Waals surface area contributed by atoms with Gasteiger partial charge in [-0.25, -0.2) is 19.2 Å². The number of carbonyl (C=O) groups is 4. The molecule has 242 valence electrons. The third-order valence-electron chi connectivity index (χ3n) is 7.83. The number of rotatable bonds is 10. The summed E-state index contributed by atoms with van der Waals surface area (Å²) in [4.78, 5) is 46.6. The fourth-order valence-corrected chi connectivity index (χ4v) is 6.65. The van der Waals surface area contributed by atoms with Gasteiger partial charge in [0.05, 0.1) is 42.3 Å². The van der Waals surface area contributed by atoms with Gasteiger partial charge in [-0.05, 0) is 81.9 Å². The van der Waals surface area contributed by atoms with Gasteiger partial charge < -0.3 is 20.4 Å². The first kappa shape index (κ1) is 34.5. The van der Waals surface area contributed by atoms with Crippen molar-refractivity contribution in [3.05, 3.63) is 173 Å². The summed E-state index contributed by atoms with van der Waals surface area (Å²) in [5, 5.41) is 38.1. The molecule has 0 saturated heterocycles. The van der Waals surface area contributed by atoms with Gasteiger partial charge in [-0.1, -0.05) is 94.9 Å². The van der Waals surface area contributed by atoms with Crippen LogP contribution in [0.15, 0.2) is 97.1 Å². The second kappa shape index (κ2) is 14.1. The van der Waals surface area contributed by atoms with E-state index in [-0.39, 0.29) is 42.3 Å². The highest BCUT2D eigenvalue weighted by Crippen LogP contribution is 2.39. The van der Waals surface area contributed by atoms with Crippen molar-refractivity contribution >= 4 is 70.3 Å². The van der Waals surface area contributed by atoms with Gasteiger partial charge in [-0.3, -0.25) is 0 Å². The first-order valence-electron chi connectivity index (χ1n) is 14.0. The lowest BCUT2D eigenvalue weighted by Gasteiger charge is -2.23. The summed E-state index contributed by atoms with van der Waals surface area (Å²) in [5.41, 5.74) is 3.53. The maximum absolute atomic E-state index is 11.6. The Morgan fingerprint density at radius 1 is 0.354 bits per heavy atom. The Hall–Kier alpha value is -4.86. The molecule has 0 bridgehead atoms. The second-order valence-electron chi connectivity index (χ2n) is 10.7. The maximum atomic E-state index is 11.6. The van der Waals surface area contributed by atoms with Gasteiger partial charge in [-0.2, -0.15) is 0 Å². The Balaban J connectivity index is 1.66. The molecule has 0 radical (unpaired) electrons. The fourth-order valence-electron chi connectivity index (χ4n) is 5.57. The molecule has 0 aliphatic rings. The molecular weight excluding hydrogens is 702 g/mol. The first-order valence-corrected chi connectivity index (χ1v) is 15.5. The molecule has 0 fully saturated rings. The zero-order valence-corrected chi connectivity index (χ0v) is 27.3. The zero-order chi connectivity index (χ0) is 34.9. The topological polar surface area (TPSA) is 149 Å². The Kier molecular flexibility index (Phi) is 10.1. The molecular formula is C36H22Cl4O8. The van der Waals surface area contributed by atoms with Crippen molar-refractivity contribution < 1.29 is 39.6 Å². The number of halogens is 4. The molecule has 4 N–H and O–H groups in total. The molecule has 48 heavy (non-hydrogen) atoms. The summed E-state index contributed by atoms with van der Waals surface area (Å²) in [6.45, 7) is 0. The van der Waals surface area contributed by atoms with Gasteiger partial charge >= 0.3 is 23.9 Å². The van der Waals surface area contributed by atoms with Gasteiger partial charge in [0.15, 0.2) is 0 Å². The van der Waals surface area contributed by atoms with Crippen LogP contribution in [0.2, 0.25) is 20.1 Å². The number of hydrogen-bond acceptors (Lipinski definition) is 4. The second-order valence-corrected chi connectivity index (χ2v) is 12.3. The van der Waals surface area contributed by atoms with Crippen molar-refractivity contribution in [2.24, 2.45) is 0 Å². The summed E-state index contributed by atoms with van der Waals surface area (Å²) >= 11 is 25.4. The van der Waals surface area contributed by atoms with Crippen molar-refractivity contribution in [2.45, 2.75) is 11.8 Å². The van der Waals surface area contributed by atoms with E-state index in [2.05, 4.69) is 0 Å². The number of benzene rings is 5. The number of carboxylic acids is 4. The zero-order valence-electron chi connectivity index (χ0n) is 24.3. The summed E-state index contributed by atoms with van der Waals surface area (Å²) < 4.78 is 0. The third-order valence-corrected chi connectivity index (χ3v) is 9.08. The van der Waals surface area contributed by atoms with E-state index in [0.717, 1.165) is 0 Å². The molecule has 0 saturated carbocycles. The quantitative estimate of drug-likeness (QED) is 0.104. The van der Waals surface area contributed by atoms with Gasteiger partial charge in [0.1, 0.15) is 0 Å². The van der Waals surface area contributed by atoms with E-state index in [4.69, 9.17) is 46.4 Å². The van der Waals surface area contributed by atoms with E-state index in [1.807, 2.05) is 24.3 Å². The highest BCUT2D eigenvalue weighted by molar-refractivity contribution is 6.34. The standard InChI is InChI=1S/C36H22Cl4O8/c37-27-13-19(5-9-23(27)33(41)42)31(20-6-10-24(34(43)44)28(38)14-20)17-1-2-18(4-3-17)32(21-7-11-25(35(45)46)29(39)15-21)22-8-12-26(36(47)48)30(40)16-22/h1-16,31-32H,(H,41,42)(H,43,44)(H,45,46)(H,47,48). The van der Waals surface area contributed by atoms with E-state index in [1.165, 1.54) is 48.5 Å². The lowest BCUT2D eigenvalue weighted by Crippen LogP contribution is -2.09. The first-order chi connectivity index (χ1) is 22.8. The van der Waals surface area contributed by atoms with Crippen molar-refractivity contribution in [3.63, 3.8) is 0 Å². The fraction of sp³-hybridized carbons (Fsp3) is 0.0556. The Labute approximate surface area is 293 Å². The lowest BCUT2D eigenvalue weighted by molar-refractivity contribution is 0.0686. The molecule has 0 aliphatic carbocycles. The van der Waals surface area contributed by atoms with Crippen LogP contribution in [0.25, 0.3) is 0 Å². The normalized spacial score (nSPS) is 11.1. The highest BCUT2D eigenvalue weighted by atomic mass is 35.5. The van der Waals surface area contributed by atoms with Crippen molar-refractivity contribution in [1.29, 1.82) is 0 Å². The van der Waals surface area contributed by atoms with E-state index < -0.39 is 35.7 Å². The molecule has 8 nitrogen and oxygen atoms in total. The molecule has 0 spiro atoms. The average molecular weight is 724 g/mol. The van der Waals surface area contributed by atoms with Crippen LogP contribution in [-0.4, -0.2) is 44.3 Å². The van der Waals surface area contributed by atoms with E-state index in [0.29, 0.717) is 33.4 Å². The molecule has 0 aliphatic heterocycles. The molecule has 0 unspecified atom stereocenters. The van der Waals surface area contributed by atoms with Crippen molar-refractivity contribution in [2.75, 3.05) is 0 Å². The summed E-state index contributed by atoms with van der Waals surface area (Å²) in [7, 11) is 0. The highest BCUT2D eigenvalue weighted by Gasteiger charge is 2.25. The number of carboxylic acid groups (broad SMARTS) is 4. The summed E-state index contributed by atoms with van der Waals surface area (Å²) in [6.07, 6.45) is 0. The molecule has 0 aromatic heterocycles. The van der Waals surface area contributed by atoms with E-state index in [1.54, 1.807) is 24.3 Å². The SMILES string of the molecule is O=C(O)c1ccc(C(c2ccc(C(c3ccc(C(=O)O)c(Cl)c3)c3ccc(C(=O)O)c(Cl)c3)cc2)c2ccc(C(=O)O)c(Cl)c2)cc1Cl. The summed E-state index contributed by atoms with van der Waals surface area (Å²) in [5.74, 6) is -5.90. The molecule has 12 heteroatoms. The van der Waals surface area contributed by atoms with Gasteiger partial charge in [-0.15, -0.1) is 0 Å². The molecule has 5 rings (SSSR count). The van der Waals surface area contributed by atoms with Crippen LogP contribution in [0, 0.1) is 0 Å². The van der Waals surface area contributed by atoms with Crippen molar-refractivity contribution in [3.8, 4) is 0 Å². The van der Waals surface area contributed by atoms with Crippen LogP contribution < -0.4 is 0 Å². The maximum Gasteiger partial charge on any atom is 0.337 e. The average Bonchev–Trinajstić information content (AvgIpc) is 3.01. The summed E-state index contributed by atoms with van der Waals surface area (Å²) in [6, 6.07) is 25.5. The molecule has 0 amide bonds.